The second kappa shape index (κ2) is 5.79. The molecule has 1 N–H and O–H groups in total. The largest absolute Gasteiger partial charge is 0.477 e. The van der Waals surface area contributed by atoms with Gasteiger partial charge in [-0.15, -0.1) is 0 Å². The topological polar surface area (TPSA) is 83.7 Å². The van der Waals surface area contributed by atoms with Crippen molar-refractivity contribution in [3.63, 3.8) is 0 Å². The van der Waals surface area contributed by atoms with Crippen molar-refractivity contribution >= 4 is 11.7 Å². The Balaban J connectivity index is 2.30. The van der Waals surface area contributed by atoms with Crippen LogP contribution in [0.3, 0.4) is 0 Å². The van der Waals surface area contributed by atoms with Gasteiger partial charge >= 0.3 is 5.97 Å². The number of nitro benzene ring substituents is 1. The molecule has 0 amide bonds. The molecule has 0 aliphatic carbocycles. The SMILES string of the molecule is O=C(O)c1c(CN2CCCCC2)cccc1[N+](=O)[O-]. The maximum Gasteiger partial charge on any atom is 0.343 e. The lowest BCUT2D eigenvalue weighted by Gasteiger charge is -2.26. The monoisotopic (exact) mass is 264 g/mol. The Morgan fingerprint density at radius 1 is 1.32 bits per heavy atom. The van der Waals surface area contributed by atoms with Gasteiger partial charge in [0, 0.05) is 12.6 Å². The van der Waals surface area contributed by atoms with Gasteiger partial charge in [0.15, 0.2) is 0 Å². The van der Waals surface area contributed by atoms with Gasteiger partial charge in [-0.25, -0.2) is 4.79 Å². The number of carbonyl (C=O) groups is 1. The van der Waals surface area contributed by atoms with E-state index in [4.69, 9.17) is 0 Å². The first-order valence-corrected chi connectivity index (χ1v) is 6.31. The van der Waals surface area contributed by atoms with E-state index in [1.165, 1.54) is 12.5 Å². The van der Waals surface area contributed by atoms with Crippen LogP contribution in [0.1, 0.15) is 35.2 Å². The predicted molar refractivity (Wildman–Crippen MR) is 69.2 cm³/mol. The van der Waals surface area contributed by atoms with Crippen LogP contribution in [0, 0.1) is 10.1 Å². The molecule has 1 aromatic rings. The van der Waals surface area contributed by atoms with Crippen LogP contribution in [0.4, 0.5) is 5.69 Å². The normalized spacial score (nSPS) is 16.2. The molecule has 0 bridgehead atoms. The van der Waals surface area contributed by atoms with E-state index in [1.807, 2.05) is 0 Å². The van der Waals surface area contributed by atoms with Crippen molar-refractivity contribution in [2.45, 2.75) is 25.8 Å². The number of piperidine rings is 1. The van der Waals surface area contributed by atoms with Crippen molar-refractivity contribution in [3.05, 3.63) is 39.4 Å². The third-order valence-corrected chi connectivity index (χ3v) is 3.38. The molecule has 1 aliphatic heterocycles. The molecular formula is C13H16N2O4. The molecule has 0 radical (unpaired) electrons. The van der Waals surface area contributed by atoms with E-state index in [2.05, 4.69) is 4.90 Å². The first kappa shape index (κ1) is 13.5. The third-order valence-electron chi connectivity index (χ3n) is 3.38. The molecule has 0 atom stereocenters. The quantitative estimate of drug-likeness (QED) is 0.666. The van der Waals surface area contributed by atoms with E-state index in [-0.39, 0.29) is 11.3 Å². The van der Waals surface area contributed by atoms with Crippen LogP contribution in [0.5, 0.6) is 0 Å². The Kier molecular flexibility index (Phi) is 4.11. The van der Waals surface area contributed by atoms with Crippen molar-refractivity contribution in [2.75, 3.05) is 13.1 Å². The molecule has 0 aromatic heterocycles. The Labute approximate surface area is 110 Å². The average Bonchev–Trinajstić information content (AvgIpc) is 2.39. The zero-order valence-corrected chi connectivity index (χ0v) is 10.5. The van der Waals surface area contributed by atoms with E-state index < -0.39 is 10.9 Å². The summed E-state index contributed by atoms with van der Waals surface area (Å²) in [6, 6.07) is 4.44. The predicted octanol–water partition coefficient (Wildman–Crippen LogP) is 2.28. The minimum Gasteiger partial charge on any atom is -0.477 e. The number of aromatic carboxylic acids is 1. The van der Waals surface area contributed by atoms with Crippen molar-refractivity contribution in [2.24, 2.45) is 0 Å². The van der Waals surface area contributed by atoms with Crippen LogP contribution in [0.15, 0.2) is 18.2 Å². The van der Waals surface area contributed by atoms with Crippen molar-refractivity contribution in [1.29, 1.82) is 0 Å². The zero-order chi connectivity index (χ0) is 13.8. The summed E-state index contributed by atoms with van der Waals surface area (Å²) in [6.07, 6.45) is 3.38. The zero-order valence-electron chi connectivity index (χ0n) is 10.5. The number of benzene rings is 1. The van der Waals surface area contributed by atoms with Crippen molar-refractivity contribution in [3.8, 4) is 0 Å². The standard InChI is InChI=1S/C13H16N2O4/c16-13(17)12-10(5-4-6-11(12)15(18)19)9-14-7-2-1-3-8-14/h4-6H,1-3,7-9H2,(H,16,17). The summed E-state index contributed by atoms with van der Waals surface area (Å²) in [6.45, 7) is 2.30. The highest BCUT2D eigenvalue weighted by molar-refractivity contribution is 5.94. The summed E-state index contributed by atoms with van der Waals surface area (Å²) in [7, 11) is 0. The number of likely N-dealkylation sites (tertiary alicyclic amines) is 1. The molecule has 2 rings (SSSR count). The molecule has 0 spiro atoms. The van der Waals surface area contributed by atoms with Gasteiger partial charge in [0.1, 0.15) is 5.56 Å². The van der Waals surface area contributed by atoms with E-state index >= 15 is 0 Å². The number of carboxylic acids is 1. The highest BCUT2D eigenvalue weighted by Crippen LogP contribution is 2.24. The van der Waals surface area contributed by atoms with E-state index in [1.54, 1.807) is 12.1 Å². The molecular weight excluding hydrogens is 248 g/mol. The average molecular weight is 264 g/mol. The molecule has 6 heteroatoms. The fraction of sp³-hybridized carbons (Fsp3) is 0.462. The molecule has 1 aliphatic rings. The number of nitro groups is 1. The Morgan fingerprint density at radius 3 is 2.58 bits per heavy atom. The Hall–Kier alpha value is -1.95. The van der Waals surface area contributed by atoms with Crippen LogP contribution in [-0.2, 0) is 6.54 Å². The number of carboxylic acid groups (broad SMARTS) is 1. The molecule has 1 heterocycles. The number of rotatable bonds is 4. The van der Waals surface area contributed by atoms with Crippen LogP contribution in [0.25, 0.3) is 0 Å². The molecule has 1 saturated heterocycles. The Bertz CT molecular complexity index is 495. The van der Waals surface area contributed by atoms with Gasteiger partial charge in [-0.3, -0.25) is 15.0 Å². The maximum atomic E-state index is 11.3. The van der Waals surface area contributed by atoms with Crippen LogP contribution < -0.4 is 0 Å². The van der Waals surface area contributed by atoms with Crippen molar-refractivity contribution in [1.82, 2.24) is 4.90 Å². The summed E-state index contributed by atoms with van der Waals surface area (Å²) in [5.41, 5.74) is 0.00341. The summed E-state index contributed by atoms with van der Waals surface area (Å²) in [4.78, 5) is 23.7. The fourth-order valence-electron chi connectivity index (χ4n) is 2.48. The lowest BCUT2D eigenvalue weighted by molar-refractivity contribution is -0.385. The minimum atomic E-state index is -1.24. The van der Waals surface area contributed by atoms with Crippen LogP contribution in [0.2, 0.25) is 0 Å². The summed E-state index contributed by atoms with van der Waals surface area (Å²) < 4.78 is 0. The Morgan fingerprint density at radius 2 is 2.00 bits per heavy atom. The highest BCUT2D eigenvalue weighted by Gasteiger charge is 2.24. The number of hydrogen-bond donors (Lipinski definition) is 1. The molecule has 19 heavy (non-hydrogen) atoms. The van der Waals surface area contributed by atoms with Crippen LogP contribution >= 0.6 is 0 Å². The van der Waals surface area contributed by atoms with E-state index in [9.17, 15) is 20.0 Å². The lowest BCUT2D eigenvalue weighted by atomic mass is 10.0. The summed E-state index contributed by atoms with van der Waals surface area (Å²) >= 11 is 0. The first-order valence-electron chi connectivity index (χ1n) is 6.31. The first-order chi connectivity index (χ1) is 9.09. The fourth-order valence-corrected chi connectivity index (χ4v) is 2.48. The van der Waals surface area contributed by atoms with Crippen LogP contribution in [-0.4, -0.2) is 34.0 Å². The van der Waals surface area contributed by atoms with Gasteiger partial charge in [0.05, 0.1) is 4.92 Å². The van der Waals surface area contributed by atoms with E-state index in [0.717, 1.165) is 25.9 Å². The smallest absolute Gasteiger partial charge is 0.343 e. The molecule has 0 unspecified atom stereocenters. The molecule has 1 fully saturated rings. The van der Waals surface area contributed by atoms with Gasteiger partial charge in [0.25, 0.3) is 5.69 Å². The van der Waals surface area contributed by atoms with Gasteiger partial charge in [-0.2, -0.15) is 0 Å². The minimum absolute atomic E-state index is 0.182. The number of nitrogens with zero attached hydrogens (tertiary/aromatic N) is 2. The maximum absolute atomic E-state index is 11.3. The van der Waals surface area contributed by atoms with Gasteiger partial charge in [0.2, 0.25) is 0 Å². The van der Waals surface area contributed by atoms with E-state index in [0.29, 0.717) is 12.1 Å². The van der Waals surface area contributed by atoms with Gasteiger partial charge in [-0.05, 0) is 31.5 Å². The second-order valence-electron chi connectivity index (χ2n) is 4.71. The molecule has 6 nitrogen and oxygen atoms in total. The molecule has 0 saturated carbocycles. The summed E-state index contributed by atoms with van der Waals surface area (Å²) in [5.74, 6) is -1.24. The van der Waals surface area contributed by atoms with Gasteiger partial charge < -0.3 is 5.11 Å². The molecule has 1 aromatic carbocycles. The molecule has 102 valence electrons. The highest BCUT2D eigenvalue weighted by atomic mass is 16.6. The van der Waals surface area contributed by atoms with Crippen molar-refractivity contribution < 1.29 is 14.8 Å². The number of hydrogen-bond acceptors (Lipinski definition) is 4. The van der Waals surface area contributed by atoms with Gasteiger partial charge in [-0.1, -0.05) is 18.6 Å². The third kappa shape index (κ3) is 3.08. The second-order valence-corrected chi connectivity index (χ2v) is 4.71. The lowest BCUT2D eigenvalue weighted by Crippen LogP contribution is -2.29. The summed E-state index contributed by atoms with van der Waals surface area (Å²) in [5, 5.41) is 20.1.